The molecule has 0 aromatic rings. The van der Waals surface area contributed by atoms with Crippen LogP contribution in [0, 0.1) is 56.7 Å². The van der Waals surface area contributed by atoms with Crippen molar-refractivity contribution >= 4 is 17.5 Å². The molecule has 7 nitrogen and oxygen atoms in total. The summed E-state index contributed by atoms with van der Waals surface area (Å²) in [5, 5.41) is 47.7. The Balaban J connectivity index is 2.13. The normalized spacial score (nSPS) is 23.3. The summed E-state index contributed by atoms with van der Waals surface area (Å²) in [6, 6.07) is 7.60. The maximum Gasteiger partial charge on any atom is 0.172 e. The fraction of sp³-hybridized carbons (Fsp3) is 0.394. The molecule has 41 heavy (non-hydrogen) atoms. The molecule has 0 amide bonds. The largest absolute Gasteiger partial charge is 0.762 e. The van der Waals surface area contributed by atoms with E-state index in [0.717, 1.165) is 29.6 Å². The van der Waals surface area contributed by atoms with Crippen molar-refractivity contribution in [3.63, 3.8) is 0 Å². The lowest BCUT2D eigenvalue weighted by Gasteiger charge is -2.35. The van der Waals surface area contributed by atoms with Crippen LogP contribution in [0.1, 0.15) is 61.3 Å². The smallest absolute Gasteiger partial charge is 0.172 e. The zero-order valence-corrected chi connectivity index (χ0v) is 25.1. The van der Waals surface area contributed by atoms with E-state index in [1.807, 2.05) is 56.2 Å². The van der Waals surface area contributed by atoms with Crippen molar-refractivity contribution in [2.45, 2.75) is 72.5 Å². The van der Waals surface area contributed by atoms with Gasteiger partial charge in [0.05, 0.1) is 0 Å². The Hall–Kier alpha value is -4.52. The van der Waals surface area contributed by atoms with Gasteiger partial charge in [-0.1, -0.05) is 56.7 Å². The number of halogens is 1. The van der Waals surface area contributed by atoms with Crippen molar-refractivity contribution in [1.29, 1.82) is 21.0 Å². The van der Waals surface area contributed by atoms with Crippen LogP contribution >= 0.6 is 11.6 Å². The van der Waals surface area contributed by atoms with E-state index in [9.17, 15) is 26.5 Å². The first kappa shape index (κ1) is 31.0. The van der Waals surface area contributed by atoms with Gasteiger partial charge in [-0.25, -0.2) is 5.87 Å². The predicted octanol–water partition coefficient (Wildman–Crippen LogP) is 7.66. The molecule has 2 aliphatic heterocycles. The van der Waals surface area contributed by atoms with Crippen molar-refractivity contribution in [3.8, 4) is 24.3 Å². The van der Waals surface area contributed by atoms with E-state index in [-0.39, 0.29) is 39.6 Å². The van der Waals surface area contributed by atoms with E-state index in [1.54, 1.807) is 26.0 Å². The van der Waals surface area contributed by atoms with Crippen LogP contribution in [0.25, 0.3) is 5.41 Å². The van der Waals surface area contributed by atoms with E-state index in [2.05, 4.69) is 26.8 Å². The Morgan fingerprint density at radius 1 is 0.976 bits per heavy atom. The van der Waals surface area contributed by atoms with Gasteiger partial charge in [-0.2, -0.15) is 21.0 Å². The number of allylic oxidation sites excluding steroid dienone is 9. The van der Waals surface area contributed by atoms with Gasteiger partial charge in [-0.15, -0.1) is 0 Å². The minimum absolute atomic E-state index is 0.00679. The van der Waals surface area contributed by atoms with Gasteiger partial charge in [0.25, 0.3) is 0 Å². The Bertz CT molecular complexity index is 1600. The average molecular weight is 565 g/mol. The highest BCUT2D eigenvalue weighted by atomic mass is 35.5. The van der Waals surface area contributed by atoms with Crippen molar-refractivity contribution in [2.24, 2.45) is 11.3 Å². The van der Waals surface area contributed by atoms with Crippen molar-refractivity contribution in [3.05, 3.63) is 91.4 Å². The Morgan fingerprint density at radius 2 is 1.63 bits per heavy atom. The summed E-state index contributed by atoms with van der Waals surface area (Å²) in [7, 11) is 0. The number of ether oxygens (including phenoxy) is 2. The molecule has 0 saturated carbocycles. The maximum atomic E-state index is 9.88. The fourth-order valence-electron chi connectivity index (χ4n) is 4.93. The molecule has 0 spiro atoms. The number of nitriles is 4. The van der Waals surface area contributed by atoms with Crippen LogP contribution in [0.15, 0.2) is 85.9 Å². The monoisotopic (exact) mass is 564 g/mol. The van der Waals surface area contributed by atoms with Crippen molar-refractivity contribution in [2.75, 3.05) is 0 Å². The van der Waals surface area contributed by atoms with Crippen LogP contribution in [0.3, 0.4) is 0 Å². The number of rotatable bonds is 4. The summed E-state index contributed by atoms with van der Waals surface area (Å²) in [4.78, 5) is 0. The van der Waals surface area contributed by atoms with E-state index >= 15 is 0 Å². The first-order chi connectivity index (χ1) is 19.1. The zero-order chi connectivity index (χ0) is 30.8. The molecule has 3 rings (SSSR count). The van der Waals surface area contributed by atoms with E-state index in [0.29, 0.717) is 10.6 Å². The van der Waals surface area contributed by atoms with Crippen LogP contribution in [-0.2, 0) is 9.47 Å². The molecular formula is C33H31ClN5O2-. The maximum absolute atomic E-state index is 9.88. The van der Waals surface area contributed by atoms with Gasteiger partial charge in [0, 0.05) is 10.6 Å². The van der Waals surface area contributed by atoms with E-state index in [1.165, 1.54) is 0 Å². The van der Waals surface area contributed by atoms with Crippen LogP contribution < -0.4 is 0 Å². The molecule has 8 heteroatoms. The molecule has 0 N–H and O–H groups in total. The Labute approximate surface area is 247 Å². The minimum Gasteiger partial charge on any atom is -0.762 e. The summed E-state index contributed by atoms with van der Waals surface area (Å²) in [5.74, 6) is 2.38. The highest BCUT2D eigenvalue weighted by molar-refractivity contribution is 6.32. The van der Waals surface area contributed by atoms with Gasteiger partial charge in [0.2, 0.25) is 0 Å². The van der Waals surface area contributed by atoms with Gasteiger partial charge >= 0.3 is 0 Å². The van der Waals surface area contributed by atoms with Crippen LogP contribution in [0.2, 0.25) is 0 Å². The number of hydrogen-bond donors (Lipinski definition) is 0. The molecule has 0 aromatic carbocycles. The fourth-order valence-corrected chi connectivity index (χ4v) is 5.21. The van der Waals surface area contributed by atoms with Crippen LogP contribution in [0.4, 0.5) is 0 Å². The number of hydrogen-bond acceptors (Lipinski definition) is 6. The third-order valence-corrected chi connectivity index (χ3v) is 8.00. The number of nitrogens with zero attached hydrogens (tertiary/aromatic N) is 5. The van der Waals surface area contributed by atoms with E-state index in [4.69, 9.17) is 21.1 Å². The van der Waals surface area contributed by atoms with Crippen molar-refractivity contribution in [1.82, 2.24) is 0 Å². The molecule has 1 unspecified atom stereocenters. The third kappa shape index (κ3) is 6.30. The molecular weight excluding hydrogens is 534 g/mol. The minimum atomic E-state index is -0.926. The summed E-state index contributed by atoms with van der Waals surface area (Å²) in [6.07, 6.45) is 10.7. The highest BCUT2D eigenvalue weighted by Gasteiger charge is 2.39. The summed E-state index contributed by atoms with van der Waals surface area (Å²) >= 11 is 6.98. The summed E-state index contributed by atoms with van der Waals surface area (Å²) in [5.41, 5.74) is 1.34. The molecule has 0 fully saturated rings. The lowest BCUT2D eigenvalue weighted by Crippen LogP contribution is -2.25. The van der Waals surface area contributed by atoms with Gasteiger partial charge in [0.15, 0.2) is 11.3 Å². The van der Waals surface area contributed by atoms with Gasteiger partial charge in [0.1, 0.15) is 52.4 Å². The topological polar surface area (TPSA) is 136 Å². The van der Waals surface area contributed by atoms with Gasteiger partial charge in [-0.3, -0.25) is 0 Å². The molecule has 3 aliphatic rings. The van der Waals surface area contributed by atoms with E-state index < -0.39 is 11.2 Å². The molecule has 0 bridgehead atoms. The van der Waals surface area contributed by atoms with Gasteiger partial charge < -0.3 is 14.9 Å². The van der Waals surface area contributed by atoms with Crippen LogP contribution in [0.5, 0.6) is 0 Å². The summed E-state index contributed by atoms with van der Waals surface area (Å²) < 4.78 is 11.8. The first-order valence-corrected chi connectivity index (χ1v) is 13.5. The quantitative estimate of drug-likeness (QED) is 0.254. The van der Waals surface area contributed by atoms with Crippen LogP contribution in [-0.4, -0.2) is 17.1 Å². The lowest BCUT2D eigenvalue weighted by molar-refractivity contribution is 0.0950. The zero-order valence-electron chi connectivity index (χ0n) is 24.3. The molecule has 0 radical (unpaired) electrons. The molecule has 1 atom stereocenters. The second kappa shape index (κ2) is 11.5. The molecule has 0 aromatic heterocycles. The first-order valence-electron chi connectivity index (χ1n) is 13.1. The summed E-state index contributed by atoms with van der Waals surface area (Å²) in [6.45, 7) is 13.9. The van der Waals surface area contributed by atoms with Crippen molar-refractivity contribution < 1.29 is 9.47 Å². The molecule has 1 aliphatic carbocycles. The predicted molar refractivity (Wildman–Crippen MR) is 157 cm³/mol. The average Bonchev–Trinajstić information content (AvgIpc) is 3.33. The highest BCUT2D eigenvalue weighted by Crippen LogP contribution is 2.46. The SMILES string of the molecule is CC1(C)OC(=C(C#N)C#N)C(C#N)=C1/C=C/C1=C(Cl)C(=C/C=C2/C=C(C(=C=[N-])C#N)OC2(C)C)/CC(C(C)(C)C)C1. The molecule has 2 heterocycles. The third-order valence-electron chi connectivity index (χ3n) is 7.52. The lowest BCUT2D eigenvalue weighted by atomic mass is 9.70. The molecule has 0 saturated heterocycles. The second-order valence-corrected chi connectivity index (χ2v) is 12.5. The molecule has 208 valence electrons. The Kier molecular flexibility index (Phi) is 8.72. The second-order valence-electron chi connectivity index (χ2n) is 12.1. The Morgan fingerprint density at radius 3 is 2.17 bits per heavy atom. The standard InChI is InChI=1S/C33H31ClN5O2/c1-31(2,3)25-12-20(8-10-24-14-28(22(15-35)16-36)40-32(24,4)5)29(34)21(13-25)9-11-27-26(19-39)30(23(17-37)18-38)41-33(27,6)7/h8-11,14,25H,12-13H2,1-7H3/q-1/b11-9+,20-8+,24-10-. The van der Waals surface area contributed by atoms with Gasteiger partial charge in [-0.05, 0) is 74.7 Å².